The summed E-state index contributed by atoms with van der Waals surface area (Å²) in [7, 11) is 0. The molecule has 165 valence electrons. The van der Waals surface area contributed by atoms with Crippen molar-refractivity contribution in [3.63, 3.8) is 0 Å². The molecule has 1 radical (unpaired) electrons. The molecule has 2 aromatic heterocycles. The Kier molecular flexibility index (Phi) is 9.44. The summed E-state index contributed by atoms with van der Waals surface area (Å²) < 4.78 is 52.0. The molecule has 4 aromatic rings. The second kappa shape index (κ2) is 12.0. The molecule has 2 aromatic carbocycles. The minimum absolute atomic E-state index is 0. The molecule has 0 atom stereocenters. The largest absolute Gasteiger partial charge is 0.305 e. The Hall–Kier alpha value is -3.15. The van der Waals surface area contributed by atoms with Crippen LogP contribution in [-0.4, -0.2) is 9.97 Å². The average Bonchev–Trinajstić information content (AvgIpc) is 2.76. The summed E-state index contributed by atoms with van der Waals surface area (Å²) in [6.45, 7) is 3.62. The van der Waals surface area contributed by atoms with Crippen molar-refractivity contribution in [2.75, 3.05) is 0 Å². The van der Waals surface area contributed by atoms with Crippen molar-refractivity contribution in [2.45, 2.75) is 6.42 Å². The maximum absolute atomic E-state index is 13.5. The van der Waals surface area contributed by atoms with Crippen molar-refractivity contribution in [2.24, 2.45) is 0 Å². The second-order valence-corrected chi connectivity index (χ2v) is 6.34. The number of rotatable bonds is 4. The van der Waals surface area contributed by atoms with Crippen molar-refractivity contribution in [1.29, 1.82) is 0 Å². The summed E-state index contributed by atoms with van der Waals surface area (Å²) in [5.41, 5.74) is 2.25. The SMILES string of the molecule is C=CCc1ccc(-c2[c-]cc(F)cc2F)nc1.Fc1c[c-]c(-c2ccccn2)c(F)c1.[Ir]. The van der Waals surface area contributed by atoms with Crippen molar-refractivity contribution in [3.8, 4) is 22.5 Å². The van der Waals surface area contributed by atoms with Gasteiger partial charge in [-0.3, -0.25) is 17.6 Å². The molecule has 0 unspecified atom stereocenters. The first-order valence-corrected chi connectivity index (χ1v) is 9.19. The van der Waals surface area contributed by atoms with E-state index in [1.165, 1.54) is 0 Å². The fourth-order valence-electron chi connectivity index (χ4n) is 2.65. The fourth-order valence-corrected chi connectivity index (χ4v) is 2.65. The van der Waals surface area contributed by atoms with Crippen LogP contribution in [0, 0.1) is 35.4 Å². The van der Waals surface area contributed by atoms with Crippen molar-refractivity contribution in [3.05, 3.63) is 121 Å². The van der Waals surface area contributed by atoms with Gasteiger partial charge in [0, 0.05) is 55.8 Å². The van der Waals surface area contributed by atoms with Gasteiger partial charge >= 0.3 is 0 Å². The van der Waals surface area contributed by atoms with Gasteiger partial charge in [0.2, 0.25) is 0 Å². The number of pyridine rings is 2. The number of benzene rings is 2. The molecule has 4 rings (SSSR count). The van der Waals surface area contributed by atoms with E-state index in [1.54, 1.807) is 42.7 Å². The third kappa shape index (κ3) is 6.67. The van der Waals surface area contributed by atoms with Gasteiger partial charge in [0.05, 0.1) is 0 Å². The first-order chi connectivity index (χ1) is 15.0. The molecule has 0 N–H and O–H groups in total. The Bertz CT molecular complexity index is 1170. The Morgan fingerprint density at radius 3 is 1.84 bits per heavy atom. The second-order valence-electron chi connectivity index (χ2n) is 6.34. The minimum Gasteiger partial charge on any atom is -0.305 e. The van der Waals surface area contributed by atoms with Gasteiger partial charge in [-0.25, -0.2) is 0 Å². The van der Waals surface area contributed by atoms with Crippen LogP contribution in [0.25, 0.3) is 22.5 Å². The monoisotopic (exact) mass is 613 g/mol. The standard InChI is InChI=1S/C14H10F2N.C11H6F2N.Ir/c1-2-3-10-4-7-14(17-9-10)12-6-5-11(15)8-13(12)16;12-8-4-5-9(10(13)7-8)11-3-1-2-6-14-11;/h2,4-5,7-9H,1,3H2;1-4,6-7H;/q2*-1;. The summed E-state index contributed by atoms with van der Waals surface area (Å²) in [5.74, 6) is -2.59. The van der Waals surface area contributed by atoms with Crippen LogP contribution in [-0.2, 0) is 26.5 Å². The van der Waals surface area contributed by atoms with Crippen molar-refractivity contribution >= 4 is 0 Å². The van der Waals surface area contributed by atoms with Crippen LogP contribution in [0.15, 0.2) is 79.6 Å². The molecular weight excluding hydrogens is 596 g/mol. The number of hydrogen-bond donors (Lipinski definition) is 0. The molecule has 0 aliphatic carbocycles. The van der Waals surface area contributed by atoms with Gasteiger partial charge in [0.1, 0.15) is 0 Å². The van der Waals surface area contributed by atoms with Crippen LogP contribution in [0.3, 0.4) is 0 Å². The van der Waals surface area contributed by atoms with Gasteiger partial charge in [-0.2, -0.15) is 0 Å². The zero-order valence-electron chi connectivity index (χ0n) is 16.6. The third-order valence-electron chi connectivity index (χ3n) is 4.10. The molecule has 32 heavy (non-hydrogen) atoms. The van der Waals surface area contributed by atoms with E-state index in [1.807, 2.05) is 6.07 Å². The molecular formula is C25H16F4IrN2-2. The smallest absolute Gasteiger partial charge is 0.0408 e. The maximum atomic E-state index is 13.5. The summed E-state index contributed by atoms with van der Waals surface area (Å²) in [6, 6.07) is 17.5. The van der Waals surface area contributed by atoms with Crippen LogP contribution < -0.4 is 0 Å². The van der Waals surface area contributed by atoms with E-state index in [-0.39, 0.29) is 31.2 Å². The molecule has 0 saturated carbocycles. The predicted molar refractivity (Wildman–Crippen MR) is 111 cm³/mol. The summed E-state index contributed by atoms with van der Waals surface area (Å²) in [5, 5.41) is 0. The number of hydrogen-bond acceptors (Lipinski definition) is 2. The predicted octanol–water partition coefficient (Wildman–Crippen LogP) is 6.38. The molecule has 7 heteroatoms. The molecule has 0 aliphatic heterocycles. The average molecular weight is 613 g/mol. The summed E-state index contributed by atoms with van der Waals surface area (Å²) in [6.07, 6.45) is 5.67. The van der Waals surface area contributed by atoms with Crippen LogP contribution in [0.1, 0.15) is 5.56 Å². The quantitative estimate of drug-likeness (QED) is 0.152. The number of halogens is 4. The van der Waals surface area contributed by atoms with E-state index >= 15 is 0 Å². The Balaban J connectivity index is 0.000000224. The van der Waals surface area contributed by atoms with Gasteiger partial charge in [0.15, 0.2) is 0 Å². The normalized spacial score (nSPS) is 9.88. The molecule has 0 saturated heterocycles. The van der Waals surface area contributed by atoms with E-state index in [0.29, 0.717) is 17.8 Å². The Labute approximate surface area is 197 Å². The molecule has 2 nitrogen and oxygen atoms in total. The molecule has 0 fully saturated rings. The van der Waals surface area contributed by atoms with Gasteiger partial charge in [-0.05, 0) is 29.4 Å². The van der Waals surface area contributed by atoms with E-state index < -0.39 is 23.3 Å². The number of nitrogens with zero attached hydrogens (tertiary/aromatic N) is 2. The van der Waals surface area contributed by atoms with Crippen molar-refractivity contribution in [1.82, 2.24) is 9.97 Å². The van der Waals surface area contributed by atoms with Gasteiger partial charge in [-0.15, -0.1) is 30.8 Å². The Morgan fingerprint density at radius 2 is 1.41 bits per heavy atom. The minimum atomic E-state index is -0.658. The first kappa shape index (κ1) is 25.1. The van der Waals surface area contributed by atoms with E-state index in [9.17, 15) is 17.6 Å². The fraction of sp³-hybridized carbons (Fsp3) is 0.0400. The molecule has 0 spiro atoms. The maximum Gasteiger partial charge on any atom is 0.0408 e. The van der Waals surface area contributed by atoms with Crippen LogP contribution >= 0.6 is 0 Å². The van der Waals surface area contributed by atoms with Crippen LogP contribution in [0.4, 0.5) is 17.6 Å². The van der Waals surface area contributed by atoms with Gasteiger partial charge in [0.25, 0.3) is 0 Å². The molecule has 0 amide bonds. The van der Waals surface area contributed by atoms with E-state index in [0.717, 1.165) is 29.8 Å². The Morgan fingerprint density at radius 1 is 0.812 bits per heavy atom. The summed E-state index contributed by atoms with van der Waals surface area (Å²) in [4.78, 5) is 8.06. The number of aromatic nitrogens is 2. The van der Waals surface area contributed by atoms with Gasteiger partial charge < -0.3 is 9.97 Å². The topological polar surface area (TPSA) is 25.8 Å². The first-order valence-electron chi connectivity index (χ1n) is 9.19. The zero-order chi connectivity index (χ0) is 22.2. The van der Waals surface area contributed by atoms with Crippen LogP contribution in [0.2, 0.25) is 0 Å². The molecule has 0 aliphatic rings. The third-order valence-corrected chi connectivity index (χ3v) is 4.10. The number of allylic oxidation sites excluding steroid dienone is 1. The van der Waals surface area contributed by atoms with Gasteiger partial charge in [-0.1, -0.05) is 53.6 Å². The zero-order valence-corrected chi connectivity index (χ0v) is 19.0. The van der Waals surface area contributed by atoms with Crippen molar-refractivity contribution < 1.29 is 37.7 Å². The summed E-state index contributed by atoms with van der Waals surface area (Å²) >= 11 is 0. The molecule has 2 heterocycles. The van der Waals surface area contributed by atoms with Crippen LogP contribution in [0.5, 0.6) is 0 Å². The van der Waals surface area contributed by atoms with E-state index in [2.05, 4.69) is 28.7 Å². The molecule has 0 bridgehead atoms. The van der Waals surface area contributed by atoms with E-state index in [4.69, 9.17) is 0 Å².